The van der Waals surface area contributed by atoms with Gasteiger partial charge in [0.15, 0.2) is 10.4 Å². The number of aromatic nitrogens is 4. The lowest BCUT2D eigenvalue weighted by Gasteiger charge is -2.02. The molecule has 15 heavy (non-hydrogen) atoms. The van der Waals surface area contributed by atoms with Crippen LogP contribution in [0.1, 0.15) is 18.5 Å². The number of aryl methyl sites for hydroxylation is 2. The van der Waals surface area contributed by atoms with Crippen LogP contribution in [0.25, 0.3) is 11.2 Å². The van der Waals surface area contributed by atoms with E-state index in [0.717, 1.165) is 34.1 Å². The lowest BCUT2D eigenvalue weighted by Crippen LogP contribution is -2.04. The normalized spacial score (nSPS) is 16.4. The maximum atomic E-state index is 5.34. The highest BCUT2D eigenvalue weighted by atomic mass is 32.1. The van der Waals surface area contributed by atoms with Crippen molar-refractivity contribution < 1.29 is 0 Å². The van der Waals surface area contributed by atoms with Gasteiger partial charge in [0.2, 0.25) is 0 Å². The van der Waals surface area contributed by atoms with Crippen LogP contribution in [0.4, 0.5) is 0 Å². The number of nitrogens with zero attached hydrogens (tertiary/aromatic N) is 3. The van der Waals surface area contributed by atoms with E-state index in [1.165, 1.54) is 12.8 Å². The van der Waals surface area contributed by atoms with Crippen molar-refractivity contribution >= 4 is 23.4 Å². The summed E-state index contributed by atoms with van der Waals surface area (Å²) in [6.45, 7) is 3.05. The zero-order valence-corrected chi connectivity index (χ0v) is 9.77. The van der Waals surface area contributed by atoms with Gasteiger partial charge in [-0.25, -0.2) is 0 Å². The third-order valence-corrected chi connectivity index (χ3v) is 3.38. The summed E-state index contributed by atoms with van der Waals surface area (Å²) >= 11 is 5.34. The molecule has 3 rings (SSSR count). The van der Waals surface area contributed by atoms with Gasteiger partial charge < -0.3 is 9.55 Å². The number of H-pyrrole nitrogens is 1. The molecule has 1 aliphatic rings. The fourth-order valence-electron chi connectivity index (χ4n) is 2.10. The van der Waals surface area contributed by atoms with Gasteiger partial charge in [-0.3, -0.25) is 4.68 Å². The van der Waals surface area contributed by atoms with Crippen molar-refractivity contribution in [3.8, 4) is 0 Å². The standard InChI is InChI=1S/C10H14N4S/c1-6-8-9(13(2)12-6)14(10(15)11-8)5-7-3-4-7/h7H,3-5H2,1-2H3,(H,11,15). The molecule has 0 atom stereocenters. The molecule has 1 saturated carbocycles. The van der Waals surface area contributed by atoms with E-state index in [-0.39, 0.29) is 0 Å². The number of fused-ring (bicyclic) bond motifs is 1. The maximum absolute atomic E-state index is 5.34. The molecule has 80 valence electrons. The van der Waals surface area contributed by atoms with Gasteiger partial charge in [0.25, 0.3) is 0 Å². The van der Waals surface area contributed by atoms with Crippen molar-refractivity contribution in [3.05, 3.63) is 10.5 Å². The first-order chi connectivity index (χ1) is 7.16. The van der Waals surface area contributed by atoms with Crippen LogP contribution in [0, 0.1) is 17.6 Å². The van der Waals surface area contributed by atoms with Crippen LogP contribution in [0.2, 0.25) is 0 Å². The third-order valence-electron chi connectivity index (χ3n) is 3.06. The van der Waals surface area contributed by atoms with Gasteiger partial charge in [-0.1, -0.05) is 0 Å². The Morgan fingerprint density at radius 3 is 2.93 bits per heavy atom. The number of rotatable bonds is 2. The second-order valence-corrected chi connectivity index (χ2v) is 4.78. The van der Waals surface area contributed by atoms with E-state index in [0.29, 0.717) is 0 Å². The predicted octanol–water partition coefficient (Wildman–Crippen LogP) is 2.15. The van der Waals surface area contributed by atoms with E-state index in [1.807, 2.05) is 18.7 Å². The number of hydrogen-bond donors (Lipinski definition) is 1. The van der Waals surface area contributed by atoms with Crippen molar-refractivity contribution in [2.75, 3.05) is 0 Å². The smallest absolute Gasteiger partial charge is 0.179 e. The molecule has 0 aliphatic heterocycles. The number of hydrogen-bond acceptors (Lipinski definition) is 2. The van der Waals surface area contributed by atoms with Crippen molar-refractivity contribution in [1.29, 1.82) is 0 Å². The molecule has 0 bridgehead atoms. The second-order valence-electron chi connectivity index (χ2n) is 4.39. The molecule has 0 aromatic carbocycles. The summed E-state index contributed by atoms with van der Waals surface area (Å²) in [7, 11) is 1.97. The molecule has 1 fully saturated rings. The first-order valence-corrected chi connectivity index (χ1v) is 5.69. The van der Waals surface area contributed by atoms with Gasteiger partial charge >= 0.3 is 0 Å². The van der Waals surface area contributed by atoms with E-state index < -0.39 is 0 Å². The fraction of sp³-hybridized carbons (Fsp3) is 0.600. The quantitative estimate of drug-likeness (QED) is 0.791. The highest BCUT2D eigenvalue weighted by Crippen LogP contribution is 2.32. The van der Waals surface area contributed by atoms with Gasteiger partial charge in [-0.15, -0.1) is 0 Å². The van der Waals surface area contributed by atoms with Crippen molar-refractivity contribution in [2.45, 2.75) is 26.3 Å². The summed E-state index contributed by atoms with van der Waals surface area (Å²) in [4.78, 5) is 3.24. The molecule has 0 radical (unpaired) electrons. The van der Waals surface area contributed by atoms with Gasteiger partial charge in [0.1, 0.15) is 5.52 Å². The molecule has 2 aromatic rings. The molecule has 4 nitrogen and oxygen atoms in total. The topological polar surface area (TPSA) is 38.5 Å². The van der Waals surface area contributed by atoms with Gasteiger partial charge in [-0.05, 0) is 37.9 Å². The number of aromatic amines is 1. The summed E-state index contributed by atoms with van der Waals surface area (Å²) in [6, 6.07) is 0. The predicted molar refractivity (Wildman–Crippen MR) is 61.3 cm³/mol. The van der Waals surface area contributed by atoms with Crippen LogP contribution in [0.3, 0.4) is 0 Å². The average Bonchev–Trinajstić information content (AvgIpc) is 2.86. The summed E-state index contributed by atoms with van der Waals surface area (Å²) < 4.78 is 4.93. The van der Waals surface area contributed by atoms with Gasteiger partial charge in [-0.2, -0.15) is 5.10 Å². The van der Waals surface area contributed by atoms with E-state index in [1.54, 1.807) is 0 Å². The first kappa shape index (κ1) is 9.15. The molecule has 1 N–H and O–H groups in total. The molecule has 0 unspecified atom stereocenters. The highest BCUT2D eigenvalue weighted by molar-refractivity contribution is 7.71. The van der Waals surface area contributed by atoms with E-state index in [4.69, 9.17) is 12.2 Å². The molecule has 0 saturated heterocycles. The maximum Gasteiger partial charge on any atom is 0.179 e. The summed E-state index contributed by atoms with van der Waals surface area (Å²) in [5.41, 5.74) is 3.24. The van der Waals surface area contributed by atoms with E-state index in [9.17, 15) is 0 Å². The molecule has 0 amide bonds. The molecule has 5 heteroatoms. The van der Waals surface area contributed by atoms with Crippen molar-refractivity contribution in [1.82, 2.24) is 19.3 Å². The second kappa shape index (κ2) is 2.95. The summed E-state index contributed by atoms with van der Waals surface area (Å²) in [6.07, 6.45) is 2.68. The van der Waals surface area contributed by atoms with Crippen LogP contribution in [0.5, 0.6) is 0 Å². The molecular formula is C10H14N4S. The largest absolute Gasteiger partial charge is 0.328 e. The van der Waals surface area contributed by atoms with Gasteiger partial charge in [0.05, 0.1) is 5.69 Å². The molecule has 2 aromatic heterocycles. The first-order valence-electron chi connectivity index (χ1n) is 5.29. The molecule has 0 spiro atoms. The van der Waals surface area contributed by atoms with Crippen LogP contribution < -0.4 is 0 Å². The Hall–Kier alpha value is -1.10. The minimum Gasteiger partial charge on any atom is -0.328 e. The highest BCUT2D eigenvalue weighted by Gasteiger charge is 2.24. The summed E-state index contributed by atoms with van der Waals surface area (Å²) in [5.74, 6) is 0.825. The molecule has 2 heterocycles. The number of nitrogens with one attached hydrogen (secondary N) is 1. The zero-order chi connectivity index (χ0) is 10.6. The Bertz CT molecular complexity index is 570. The number of imidazole rings is 1. The van der Waals surface area contributed by atoms with Gasteiger partial charge in [0, 0.05) is 13.6 Å². The minimum atomic E-state index is 0.825. The van der Waals surface area contributed by atoms with E-state index >= 15 is 0 Å². The van der Waals surface area contributed by atoms with Crippen molar-refractivity contribution in [2.24, 2.45) is 13.0 Å². The zero-order valence-electron chi connectivity index (χ0n) is 8.95. The van der Waals surface area contributed by atoms with Crippen LogP contribution >= 0.6 is 12.2 Å². The molecular weight excluding hydrogens is 208 g/mol. The van der Waals surface area contributed by atoms with E-state index in [2.05, 4.69) is 14.6 Å². The lowest BCUT2D eigenvalue weighted by atomic mass is 10.4. The van der Waals surface area contributed by atoms with Crippen LogP contribution in [-0.4, -0.2) is 19.3 Å². The third kappa shape index (κ3) is 1.33. The Labute approximate surface area is 92.9 Å². The van der Waals surface area contributed by atoms with Crippen LogP contribution in [-0.2, 0) is 13.6 Å². The minimum absolute atomic E-state index is 0.825. The summed E-state index contributed by atoms with van der Waals surface area (Å²) in [5, 5.41) is 4.40. The average molecular weight is 222 g/mol. The lowest BCUT2D eigenvalue weighted by molar-refractivity contribution is 0.612. The Balaban J connectivity index is 2.24. The monoisotopic (exact) mass is 222 g/mol. The van der Waals surface area contributed by atoms with Crippen LogP contribution in [0.15, 0.2) is 0 Å². The fourth-order valence-corrected chi connectivity index (χ4v) is 2.36. The van der Waals surface area contributed by atoms with Crippen molar-refractivity contribution in [3.63, 3.8) is 0 Å². The Morgan fingerprint density at radius 2 is 2.27 bits per heavy atom. The molecule has 1 aliphatic carbocycles. The Kier molecular flexibility index (Phi) is 1.80. The Morgan fingerprint density at radius 1 is 1.53 bits per heavy atom. The SMILES string of the molecule is Cc1nn(C)c2c1[nH]c(=S)n2CC1CC1.